The van der Waals surface area contributed by atoms with E-state index in [-0.39, 0.29) is 36.8 Å². The Morgan fingerprint density at radius 1 is 1.24 bits per heavy atom. The molecule has 3 rings (SSSR count). The van der Waals surface area contributed by atoms with Crippen molar-refractivity contribution in [2.24, 2.45) is 5.92 Å². The lowest BCUT2D eigenvalue weighted by molar-refractivity contribution is -0.137. The summed E-state index contributed by atoms with van der Waals surface area (Å²) in [4.78, 5) is 40.2. The maximum absolute atomic E-state index is 12.8. The summed E-state index contributed by atoms with van der Waals surface area (Å²) in [5.41, 5.74) is -0.705. The van der Waals surface area contributed by atoms with Gasteiger partial charge in [-0.2, -0.15) is 0 Å². The summed E-state index contributed by atoms with van der Waals surface area (Å²) in [6.45, 7) is 2.39. The molecule has 1 aliphatic carbocycles. The zero-order valence-corrected chi connectivity index (χ0v) is 15.7. The van der Waals surface area contributed by atoms with Crippen LogP contribution in [0, 0.1) is 5.92 Å². The first kappa shape index (κ1) is 20.0. The molecule has 0 aromatic heterocycles. The molecule has 25 heavy (non-hydrogen) atoms. The Bertz CT molecular complexity index is 516. The predicted molar refractivity (Wildman–Crippen MR) is 96.5 cm³/mol. The molecular formula is C17H29ClN4O3. The molecule has 1 spiro atoms. The molecule has 2 aliphatic heterocycles. The fourth-order valence-corrected chi connectivity index (χ4v) is 4.23. The Kier molecular flexibility index (Phi) is 6.68. The van der Waals surface area contributed by atoms with Gasteiger partial charge in [0, 0.05) is 13.6 Å². The summed E-state index contributed by atoms with van der Waals surface area (Å²) < 4.78 is 0. The highest BCUT2D eigenvalue weighted by molar-refractivity contribution is 6.08. The van der Waals surface area contributed by atoms with Crippen molar-refractivity contribution in [2.45, 2.75) is 50.5 Å². The summed E-state index contributed by atoms with van der Waals surface area (Å²) >= 11 is 0. The summed E-state index contributed by atoms with van der Waals surface area (Å²) in [7, 11) is 1.69. The number of urea groups is 1. The van der Waals surface area contributed by atoms with Crippen molar-refractivity contribution in [1.29, 1.82) is 0 Å². The largest absolute Gasteiger partial charge is 0.354 e. The van der Waals surface area contributed by atoms with Crippen LogP contribution in [0.5, 0.6) is 0 Å². The smallest absolute Gasteiger partial charge is 0.327 e. The summed E-state index contributed by atoms with van der Waals surface area (Å²) in [6.07, 6.45) is 6.65. The van der Waals surface area contributed by atoms with E-state index in [0.717, 1.165) is 50.1 Å². The molecule has 0 aromatic rings. The van der Waals surface area contributed by atoms with Crippen molar-refractivity contribution in [3.8, 4) is 0 Å². The second kappa shape index (κ2) is 8.36. The van der Waals surface area contributed by atoms with Gasteiger partial charge >= 0.3 is 6.03 Å². The van der Waals surface area contributed by atoms with Gasteiger partial charge in [0.15, 0.2) is 0 Å². The zero-order valence-electron chi connectivity index (χ0n) is 14.9. The second-order valence-electron chi connectivity index (χ2n) is 7.34. The van der Waals surface area contributed by atoms with Crippen LogP contribution < -0.4 is 10.6 Å². The number of nitrogens with zero attached hydrogens (tertiary/aromatic N) is 2. The minimum Gasteiger partial charge on any atom is -0.354 e. The Labute approximate surface area is 155 Å². The van der Waals surface area contributed by atoms with E-state index in [1.807, 2.05) is 0 Å². The quantitative estimate of drug-likeness (QED) is 0.724. The van der Waals surface area contributed by atoms with Crippen LogP contribution in [0.4, 0.5) is 4.79 Å². The molecule has 0 bridgehead atoms. The number of carbonyl (C=O) groups excluding carboxylic acids is 3. The molecule has 142 valence electrons. The fraction of sp³-hybridized carbons (Fsp3) is 0.824. The number of rotatable bonds is 4. The summed E-state index contributed by atoms with van der Waals surface area (Å²) in [5.74, 6) is -0.00671. The number of carbonyl (C=O) groups is 3. The molecule has 3 fully saturated rings. The third-order valence-corrected chi connectivity index (χ3v) is 5.77. The molecule has 7 nitrogen and oxygen atoms in total. The molecule has 0 radical (unpaired) electrons. The van der Waals surface area contributed by atoms with Gasteiger partial charge in [-0.05, 0) is 44.7 Å². The first-order chi connectivity index (χ1) is 11.5. The molecule has 1 unspecified atom stereocenters. The van der Waals surface area contributed by atoms with Crippen LogP contribution in [0.3, 0.4) is 0 Å². The average molecular weight is 373 g/mol. The van der Waals surface area contributed by atoms with E-state index in [4.69, 9.17) is 0 Å². The van der Waals surface area contributed by atoms with Crippen LogP contribution in [0.15, 0.2) is 0 Å². The summed E-state index contributed by atoms with van der Waals surface area (Å²) in [6, 6.07) is -0.337. The van der Waals surface area contributed by atoms with Gasteiger partial charge < -0.3 is 15.5 Å². The van der Waals surface area contributed by atoms with Crippen molar-refractivity contribution >= 4 is 30.3 Å². The number of hydrogen-bond acceptors (Lipinski definition) is 4. The monoisotopic (exact) mass is 372 g/mol. The van der Waals surface area contributed by atoms with Crippen LogP contribution in [0.2, 0.25) is 0 Å². The lowest BCUT2D eigenvalue weighted by Gasteiger charge is -2.35. The minimum absolute atomic E-state index is 0. The van der Waals surface area contributed by atoms with Crippen molar-refractivity contribution in [2.75, 3.05) is 33.2 Å². The standard InChI is InChI=1S/C17H28N4O3.ClH/c1-20-16(24)21(15(23)17(20)7-3-2-4-8-17)12-14(22)19-11-13-6-5-9-18-10-13;/h13,18H,2-12H2,1H3,(H,19,22);1H. The molecule has 2 N–H and O–H groups in total. The van der Waals surface area contributed by atoms with Gasteiger partial charge in [0.05, 0.1) is 0 Å². The lowest BCUT2D eigenvalue weighted by Crippen LogP contribution is -2.49. The molecular weight excluding hydrogens is 344 g/mol. The van der Waals surface area contributed by atoms with Gasteiger partial charge in [0.1, 0.15) is 12.1 Å². The molecule has 4 amide bonds. The van der Waals surface area contributed by atoms with Gasteiger partial charge in [0.25, 0.3) is 5.91 Å². The maximum atomic E-state index is 12.8. The number of amides is 4. The van der Waals surface area contributed by atoms with Gasteiger partial charge in [0.2, 0.25) is 5.91 Å². The van der Waals surface area contributed by atoms with Crippen LogP contribution >= 0.6 is 12.4 Å². The highest BCUT2D eigenvalue weighted by atomic mass is 35.5. The van der Waals surface area contributed by atoms with E-state index in [9.17, 15) is 14.4 Å². The molecule has 1 atom stereocenters. The van der Waals surface area contributed by atoms with E-state index in [1.165, 1.54) is 0 Å². The highest BCUT2D eigenvalue weighted by Gasteiger charge is 2.55. The van der Waals surface area contributed by atoms with Gasteiger partial charge in [-0.1, -0.05) is 19.3 Å². The van der Waals surface area contributed by atoms with E-state index in [0.29, 0.717) is 25.3 Å². The zero-order chi connectivity index (χ0) is 17.2. The fourth-order valence-electron chi connectivity index (χ4n) is 4.23. The first-order valence-electron chi connectivity index (χ1n) is 9.12. The van der Waals surface area contributed by atoms with Gasteiger partial charge in [-0.15, -0.1) is 12.4 Å². The first-order valence-corrected chi connectivity index (χ1v) is 9.12. The van der Waals surface area contributed by atoms with Crippen molar-refractivity contribution < 1.29 is 14.4 Å². The molecule has 2 saturated heterocycles. The van der Waals surface area contributed by atoms with Gasteiger partial charge in [-0.3, -0.25) is 14.5 Å². The molecule has 1 saturated carbocycles. The lowest BCUT2D eigenvalue weighted by atomic mass is 9.81. The molecule has 0 aromatic carbocycles. The normalized spacial score (nSPS) is 25.9. The number of piperidine rings is 1. The Hall–Kier alpha value is -1.34. The van der Waals surface area contributed by atoms with E-state index < -0.39 is 5.54 Å². The predicted octanol–water partition coefficient (Wildman–Crippen LogP) is 1.12. The highest BCUT2D eigenvalue weighted by Crippen LogP contribution is 2.39. The van der Waals surface area contributed by atoms with Crippen LogP contribution in [-0.4, -0.2) is 66.4 Å². The van der Waals surface area contributed by atoms with E-state index >= 15 is 0 Å². The van der Waals surface area contributed by atoms with Crippen LogP contribution in [0.25, 0.3) is 0 Å². The Balaban J connectivity index is 0.00000225. The molecule has 8 heteroatoms. The number of imide groups is 1. The maximum Gasteiger partial charge on any atom is 0.327 e. The van der Waals surface area contributed by atoms with E-state index in [1.54, 1.807) is 11.9 Å². The van der Waals surface area contributed by atoms with Crippen molar-refractivity contribution in [3.63, 3.8) is 0 Å². The van der Waals surface area contributed by atoms with Gasteiger partial charge in [-0.25, -0.2) is 4.79 Å². The number of halogens is 1. The average Bonchev–Trinajstić information content (AvgIpc) is 2.78. The van der Waals surface area contributed by atoms with E-state index in [2.05, 4.69) is 10.6 Å². The van der Waals surface area contributed by atoms with Crippen LogP contribution in [-0.2, 0) is 9.59 Å². The number of hydrogen-bond donors (Lipinski definition) is 2. The number of nitrogens with one attached hydrogen (secondary N) is 2. The SMILES string of the molecule is CN1C(=O)N(CC(=O)NCC2CCCNC2)C(=O)C12CCCCC2.Cl. The topological polar surface area (TPSA) is 81.8 Å². The Morgan fingerprint density at radius 2 is 1.96 bits per heavy atom. The molecule has 2 heterocycles. The summed E-state index contributed by atoms with van der Waals surface area (Å²) in [5, 5.41) is 6.20. The number of likely N-dealkylation sites (N-methyl/N-ethyl adjacent to an activating group) is 1. The third-order valence-electron chi connectivity index (χ3n) is 5.77. The van der Waals surface area contributed by atoms with Crippen molar-refractivity contribution in [1.82, 2.24) is 20.4 Å². The Morgan fingerprint density at radius 3 is 2.60 bits per heavy atom. The third kappa shape index (κ3) is 3.92. The van der Waals surface area contributed by atoms with Crippen LogP contribution in [0.1, 0.15) is 44.9 Å². The molecule has 3 aliphatic rings. The second-order valence-corrected chi connectivity index (χ2v) is 7.34. The minimum atomic E-state index is -0.705. The van der Waals surface area contributed by atoms with Crippen molar-refractivity contribution in [3.05, 3.63) is 0 Å².